The number of hydrogen-bond acceptors (Lipinski definition) is 1. The molecule has 0 unspecified atom stereocenters. The van der Waals surface area contributed by atoms with Crippen LogP contribution in [0, 0.1) is 0 Å². The third kappa shape index (κ3) is 19.0. The van der Waals surface area contributed by atoms with Gasteiger partial charge >= 0.3 is 0 Å². The third-order valence-electron chi connectivity index (χ3n) is 4.32. The Bertz CT molecular complexity index is 208. The maximum atomic E-state index is 3.74. The zero-order valence-corrected chi connectivity index (χ0v) is 18.7. The molecule has 22 heavy (non-hydrogen) atoms. The van der Waals surface area contributed by atoms with Gasteiger partial charge in [-0.3, -0.25) is 0 Å². The van der Waals surface area contributed by atoms with Crippen molar-refractivity contribution in [2.75, 3.05) is 11.9 Å². The van der Waals surface area contributed by atoms with Gasteiger partial charge in [0.2, 0.25) is 0 Å². The summed E-state index contributed by atoms with van der Waals surface area (Å²) in [5.41, 5.74) is 0.331. The van der Waals surface area contributed by atoms with Crippen molar-refractivity contribution in [3.05, 3.63) is 0 Å². The molecule has 0 rings (SSSR count). The summed E-state index contributed by atoms with van der Waals surface area (Å²) in [4.78, 5) is 0. The lowest BCUT2D eigenvalue weighted by Crippen LogP contribution is -2.39. The van der Waals surface area contributed by atoms with Gasteiger partial charge in [0.25, 0.3) is 0 Å². The van der Waals surface area contributed by atoms with Crippen LogP contribution < -0.4 is 5.32 Å². The molecule has 0 aliphatic carbocycles. The monoisotopic (exact) mass is 441 g/mol. The molecule has 0 fully saturated rings. The van der Waals surface area contributed by atoms with Gasteiger partial charge in [0.15, 0.2) is 0 Å². The molecule has 0 saturated heterocycles. The number of rotatable bonds is 16. The van der Waals surface area contributed by atoms with Crippen molar-refractivity contribution in [3.63, 3.8) is 0 Å². The van der Waals surface area contributed by atoms with Crippen LogP contribution in [0.2, 0.25) is 0 Å². The lowest BCUT2D eigenvalue weighted by molar-refractivity contribution is 0.343. The molecule has 0 aliphatic heterocycles. The Morgan fingerprint density at radius 1 is 0.727 bits per heavy atom. The Hall–Kier alpha value is 0.920. The van der Waals surface area contributed by atoms with Crippen LogP contribution >= 0.6 is 32.9 Å². The van der Waals surface area contributed by atoms with Gasteiger partial charge in [0.05, 0.1) is 0 Å². The molecule has 0 saturated carbocycles. The SMILES string of the molecule is Br.CCCCCCCCCCC(C)(C)NCCCCCCBr. The van der Waals surface area contributed by atoms with Crippen molar-refractivity contribution in [3.8, 4) is 0 Å². The first-order valence-electron chi connectivity index (χ1n) is 9.43. The average Bonchev–Trinajstić information content (AvgIpc) is 2.45. The van der Waals surface area contributed by atoms with E-state index in [2.05, 4.69) is 42.0 Å². The lowest BCUT2D eigenvalue weighted by atomic mass is 9.95. The normalized spacial score (nSPS) is 11.5. The van der Waals surface area contributed by atoms with E-state index in [1.165, 1.54) is 90.0 Å². The summed E-state index contributed by atoms with van der Waals surface area (Å²) in [6, 6.07) is 0. The maximum Gasteiger partial charge on any atom is 0.0125 e. The fourth-order valence-electron chi connectivity index (χ4n) is 2.79. The molecule has 0 radical (unpaired) electrons. The Labute approximate surface area is 159 Å². The highest BCUT2D eigenvalue weighted by molar-refractivity contribution is 9.09. The number of unbranched alkanes of at least 4 members (excludes halogenated alkanes) is 10. The minimum absolute atomic E-state index is 0. The van der Waals surface area contributed by atoms with Gasteiger partial charge in [0.1, 0.15) is 0 Å². The van der Waals surface area contributed by atoms with Gasteiger partial charge in [-0.2, -0.15) is 0 Å². The van der Waals surface area contributed by atoms with Crippen molar-refractivity contribution in [1.82, 2.24) is 5.32 Å². The molecule has 0 bridgehead atoms. The van der Waals surface area contributed by atoms with Crippen LogP contribution in [0.25, 0.3) is 0 Å². The first-order chi connectivity index (χ1) is 10.1. The summed E-state index contributed by atoms with van der Waals surface area (Å²) in [6.07, 6.45) is 18.1. The highest BCUT2D eigenvalue weighted by atomic mass is 79.9. The largest absolute Gasteiger partial charge is 0.312 e. The molecule has 0 atom stereocenters. The van der Waals surface area contributed by atoms with Gasteiger partial charge in [-0.15, -0.1) is 17.0 Å². The standard InChI is InChI=1S/C19H40BrN.BrH/c1-4-5-6-7-8-9-10-13-16-19(2,3)21-18-15-12-11-14-17-20;/h21H,4-18H2,1-3H3;1H. The number of alkyl halides is 1. The average molecular weight is 443 g/mol. The molecule has 1 nitrogen and oxygen atoms in total. The predicted molar refractivity (Wildman–Crippen MR) is 112 cm³/mol. The van der Waals surface area contributed by atoms with Crippen molar-refractivity contribution in [2.24, 2.45) is 0 Å². The summed E-state index contributed by atoms with van der Waals surface area (Å²) < 4.78 is 0. The van der Waals surface area contributed by atoms with E-state index >= 15 is 0 Å². The van der Waals surface area contributed by atoms with Gasteiger partial charge in [-0.1, -0.05) is 87.1 Å². The van der Waals surface area contributed by atoms with Crippen LogP contribution in [-0.4, -0.2) is 17.4 Å². The minimum atomic E-state index is 0. The molecule has 0 spiro atoms. The summed E-state index contributed by atoms with van der Waals surface area (Å²) in [5, 5.41) is 4.90. The van der Waals surface area contributed by atoms with Crippen LogP contribution in [-0.2, 0) is 0 Å². The van der Waals surface area contributed by atoms with Crippen LogP contribution in [0.1, 0.15) is 104 Å². The number of nitrogens with one attached hydrogen (secondary N) is 1. The molecule has 0 aliphatic rings. The smallest absolute Gasteiger partial charge is 0.0125 e. The second-order valence-electron chi connectivity index (χ2n) is 7.14. The van der Waals surface area contributed by atoms with E-state index in [-0.39, 0.29) is 17.0 Å². The summed E-state index contributed by atoms with van der Waals surface area (Å²) >= 11 is 3.49. The molecular weight excluding hydrogens is 402 g/mol. The maximum absolute atomic E-state index is 3.74. The molecule has 0 aromatic carbocycles. The predicted octanol–water partition coefficient (Wildman–Crippen LogP) is 7.42. The summed E-state index contributed by atoms with van der Waals surface area (Å²) in [6.45, 7) is 8.21. The second-order valence-corrected chi connectivity index (χ2v) is 7.93. The third-order valence-corrected chi connectivity index (χ3v) is 4.88. The Balaban J connectivity index is 0. The highest BCUT2D eigenvalue weighted by Crippen LogP contribution is 2.16. The fraction of sp³-hybridized carbons (Fsp3) is 1.00. The Morgan fingerprint density at radius 3 is 1.82 bits per heavy atom. The zero-order valence-electron chi connectivity index (χ0n) is 15.4. The van der Waals surface area contributed by atoms with Crippen molar-refractivity contribution < 1.29 is 0 Å². The van der Waals surface area contributed by atoms with E-state index in [0.29, 0.717) is 5.54 Å². The van der Waals surface area contributed by atoms with E-state index in [1.807, 2.05) is 0 Å². The first-order valence-corrected chi connectivity index (χ1v) is 10.6. The van der Waals surface area contributed by atoms with Crippen molar-refractivity contribution >= 4 is 32.9 Å². The molecule has 0 amide bonds. The summed E-state index contributed by atoms with van der Waals surface area (Å²) in [7, 11) is 0. The minimum Gasteiger partial charge on any atom is -0.312 e. The van der Waals surface area contributed by atoms with E-state index in [1.54, 1.807) is 0 Å². The Kier molecular flexibility index (Phi) is 20.9. The summed E-state index contributed by atoms with van der Waals surface area (Å²) in [5.74, 6) is 0. The molecule has 136 valence electrons. The number of halogens is 2. The Morgan fingerprint density at radius 2 is 1.23 bits per heavy atom. The van der Waals surface area contributed by atoms with Crippen molar-refractivity contribution in [1.29, 1.82) is 0 Å². The van der Waals surface area contributed by atoms with E-state index in [4.69, 9.17) is 0 Å². The molecule has 1 N–H and O–H groups in total. The highest BCUT2D eigenvalue weighted by Gasteiger charge is 2.15. The van der Waals surface area contributed by atoms with Crippen LogP contribution in [0.3, 0.4) is 0 Å². The molecule has 3 heteroatoms. The molecular formula is C19H41Br2N. The van der Waals surface area contributed by atoms with Crippen LogP contribution in [0.4, 0.5) is 0 Å². The van der Waals surface area contributed by atoms with Gasteiger partial charge < -0.3 is 5.32 Å². The zero-order chi connectivity index (χ0) is 15.8. The second kappa shape index (κ2) is 18.3. The van der Waals surface area contributed by atoms with Gasteiger partial charge in [-0.05, 0) is 39.7 Å². The first kappa shape index (κ1) is 25.2. The molecule has 0 aromatic rings. The van der Waals surface area contributed by atoms with Crippen LogP contribution in [0.5, 0.6) is 0 Å². The van der Waals surface area contributed by atoms with E-state index in [9.17, 15) is 0 Å². The lowest BCUT2D eigenvalue weighted by Gasteiger charge is -2.26. The molecule has 0 heterocycles. The molecule has 0 aromatic heterocycles. The van der Waals surface area contributed by atoms with E-state index < -0.39 is 0 Å². The van der Waals surface area contributed by atoms with E-state index in [0.717, 1.165) is 5.33 Å². The van der Waals surface area contributed by atoms with Gasteiger partial charge in [-0.25, -0.2) is 0 Å². The van der Waals surface area contributed by atoms with Crippen LogP contribution in [0.15, 0.2) is 0 Å². The number of hydrogen-bond donors (Lipinski definition) is 1. The topological polar surface area (TPSA) is 12.0 Å². The van der Waals surface area contributed by atoms with Crippen molar-refractivity contribution in [2.45, 2.75) is 110 Å². The van der Waals surface area contributed by atoms with Gasteiger partial charge in [0, 0.05) is 10.9 Å². The quantitative estimate of drug-likeness (QED) is 0.193. The fourth-order valence-corrected chi connectivity index (χ4v) is 3.19.